The second-order valence-electron chi connectivity index (χ2n) is 3.87. The summed E-state index contributed by atoms with van der Waals surface area (Å²) in [6.07, 6.45) is 5.66. The first kappa shape index (κ1) is 11.9. The van der Waals surface area contributed by atoms with E-state index >= 15 is 0 Å². The van der Waals surface area contributed by atoms with Crippen LogP contribution in [0.15, 0.2) is 12.2 Å². The number of carbonyl (C=O) groups excluding carboxylic acids is 2. The van der Waals surface area contributed by atoms with Gasteiger partial charge in [0.2, 0.25) is 0 Å². The molecule has 4 nitrogen and oxygen atoms in total. The zero-order valence-corrected chi connectivity index (χ0v) is 8.86. The first-order valence-electron chi connectivity index (χ1n) is 5.04. The molecule has 84 valence electrons. The Morgan fingerprint density at radius 2 is 2.27 bits per heavy atom. The molecular weight excluding hydrogens is 196 g/mol. The van der Waals surface area contributed by atoms with E-state index in [0.29, 0.717) is 6.42 Å². The number of aliphatic hydroxyl groups is 1. The number of carbonyl (C=O) groups is 2. The van der Waals surface area contributed by atoms with Crippen LogP contribution in [0.1, 0.15) is 32.1 Å². The highest BCUT2D eigenvalue weighted by atomic mass is 16.5. The fourth-order valence-electron chi connectivity index (χ4n) is 1.70. The molecule has 0 aromatic rings. The number of hydrogen-bond donors (Lipinski definition) is 1. The first-order valence-corrected chi connectivity index (χ1v) is 5.04. The van der Waals surface area contributed by atoms with Crippen molar-refractivity contribution in [3.63, 3.8) is 0 Å². The smallest absolute Gasteiger partial charge is 0.313 e. The van der Waals surface area contributed by atoms with Crippen LogP contribution in [0.2, 0.25) is 0 Å². The Hall–Kier alpha value is -1.16. The molecule has 1 rings (SSSR count). The number of methoxy groups -OCH3 is 1. The van der Waals surface area contributed by atoms with Gasteiger partial charge in [-0.2, -0.15) is 0 Å². The Bertz CT molecular complexity index is 282. The van der Waals surface area contributed by atoms with Crippen LogP contribution in [0.25, 0.3) is 0 Å². The van der Waals surface area contributed by atoms with Gasteiger partial charge in [-0.05, 0) is 19.3 Å². The average Bonchev–Trinajstić information content (AvgIpc) is 2.17. The second kappa shape index (κ2) is 5.07. The topological polar surface area (TPSA) is 63.6 Å². The predicted molar refractivity (Wildman–Crippen MR) is 54.2 cm³/mol. The van der Waals surface area contributed by atoms with Gasteiger partial charge < -0.3 is 9.84 Å². The van der Waals surface area contributed by atoms with Crippen LogP contribution in [0, 0.1) is 0 Å². The monoisotopic (exact) mass is 212 g/mol. The van der Waals surface area contributed by atoms with E-state index in [4.69, 9.17) is 0 Å². The van der Waals surface area contributed by atoms with Gasteiger partial charge in [0.15, 0.2) is 0 Å². The summed E-state index contributed by atoms with van der Waals surface area (Å²) >= 11 is 0. The lowest BCUT2D eigenvalue weighted by Gasteiger charge is -2.26. The molecule has 0 amide bonds. The van der Waals surface area contributed by atoms with Crippen LogP contribution >= 0.6 is 0 Å². The lowest BCUT2D eigenvalue weighted by Crippen LogP contribution is -2.31. The highest BCUT2D eigenvalue weighted by Gasteiger charge is 2.28. The van der Waals surface area contributed by atoms with Gasteiger partial charge in [0.1, 0.15) is 12.2 Å². The second-order valence-corrected chi connectivity index (χ2v) is 3.87. The van der Waals surface area contributed by atoms with E-state index < -0.39 is 11.6 Å². The Kier molecular flexibility index (Phi) is 4.03. The third kappa shape index (κ3) is 3.83. The van der Waals surface area contributed by atoms with Crippen molar-refractivity contribution < 1.29 is 19.4 Å². The van der Waals surface area contributed by atoms with E-state index in [-0.39, 0.29) is 18.6 Å². The molecule has 0 spiro atoms. The summed E-state index contributed by atoms with van der Waals surface area (Å²) in [5, 5.41) is 9.97. The molecule has 15 heavy (non-hydrogen) atoms. The maximum absolute atomic E-state index is 11.4. The van der Waals surface area contributed by atoms with Gasteiger partial charge in [-0.15, -0.1) is 0 Å². The molecule has 0 radical (unpaired) electrons. The summed E-state index contributed by atoms with van der Waals surface area (Å²) in [6.45, 7) is 0. The van der Waals surface area contributed by atoms with E-state index in [9.17, 15) is 14.7 Å². The molecule has 0 heterocycles. The molecule has 0 fully saturated rings. The minimum absolute atomic E-state index is 0.00139. The number of hydrogen-bond acceptors (Lipinski definition) is 4. The summed E-state index contributed by atoms with van der Waals surface area (Å²) in [7, 11) is 1.24. The van der Waals surface area contributed by atoms with E-state index in [2.05, 4.69) is 4.74 Å². The summed E-state index contributed by atoms with van der Waals surface area (Å²) < 4.78 is 4.38. The van der Waals surface area contributed by atoms with Crippen molar-refractivity contribution >= 4 is 11.8 Å². The number of allylic oxidation sites excluding steroid dienone is 1. The summed E-state index contributed by atoms with van der Waals surface area (Å²) in [6, 6.07) is 0. The van der Waals surface area contributed by atoms with Gasteiger partial charge in [-0.3, -0.25) is 9.59 Å². The largest absolute Gasteiger partial charge is 0.469 e. The third-order valence-corrected chi connectivity index (χ3v) is 2.48. The van der Waals surface area contributed by atoms with Gasteiger partial charge in [0.25, 0.3) is 0 Å². The number of rotatable bonds is 4. The van der Waals surface area contributed by atoms with Crippen molar-refractivity contribution in [1.82, 2.24) is 0 Å². The van der Waals surface area contributed by atoms with Crippen molar-refractivity contribution in [3.8, 4) is 0 Å². The number of Topliss-reactive ketones (excluding diaryl/α,β-unsaturated/α-hetero) is 1. The quantitative estimate of drug-likeness (QED) is 0.428. The van der Waals surface area contributed by atoms with Crippen molar-refractivity contribution in [3.05, 3.63) is 12.2 Å². The molecule has 1 aliphatic carbocycles. The minimum atomic E-state index is -1.05. The minimum Gasteiger partial charge on any atom is -0.469 e. The van der Waals surface area contributed by atoms with Crippen LogP contribution < -0.4 is 0 Å². The highest BCUT2D eigenvalue weighted by molar-refractivity contribution is 5.96. The van der Waals surface area contributed by atoms with Crippen molar-refractivity contribution in [1.29, 1.82) is 0 Å². The fraction of sp³-hybridized carbons (Fsp3) is 0.636. The molecule has 0 aliphatic heterocycles. The van der Waals surface area contributed by atoms with Crippen molar-refractivity contribution in [2.75, 3.05) is 7.11 Å². The van der Waals surface area contributed by atoms with Crippen molar-refractivity contribution in [2.24, 2.45) is 0 Å². The van der Waals surface area contributed by atoms with Crippen LogP contribution in [0.3, 0.4) is 0 Å². The van der Waals surface area contributed by atoms with Gasteiger partial charge in [-0.1, -0.05) is 12.2 Å². The van der Waals surface area contributed by atoms with Crippen LogP contribution in [0.5, 0.6) is 0 Å². The van der Waals surface area contributed by atoms with E-state index in [1.54, 1.807) is 6.08 Å². The molecule has 1 atom stereocenters. The molecule has 0 aromatic carbocycles. The molecule has 0 saturated heterocycles. The number of esters is 1. The summed E-state index contributed by atoms with van der Waals surface area (Å²) in [4.78, 5) is 22.2. The molecule has 0 saturated carbocycles. The first-order chi connectivity index (χ1) is 7.06. The van der Waals surface area contributed by atoms with Crippen LogP contribution in [-0.2, 0) is 14.3 Å². The Labute approximate surface area is 88.9 Å². The van der Waals surface area contributed by atoms with Gasteiger partial charge >= 0.3 is 5.97 Å². The van der Waals surface area contributed by atoms with Crippen LogP contribution in [0.4, 0.5) is 0 Å². The van der Waals surface area contributed by atoms with Gasteiger partial charge in [0.05, 0.1) is 12.7 Å². The van der Waals surface area contributed by atoms with Gasteiger partial charge in [0, 0.05) is 6.42 Å². The average molecular weight is 212 g/mol. The third-order valence-electron chi connectivity index (χ3n) is 2.48. The SMILES string of the molecule is COC(=O)CC(=O)CC1(O)C=CCCC1. The maximum atomic E-state index is 11.4. The molecule has 1 N–H and O–H groups in total. The van der Waals surface area contributed by atoms with Crippen LogP contribution in [-0.4, -0.2) is 29.6 Å². The molecule has 1 unspecified atom stereocenters. The summed E-state index contributed by atoms with van der Waals surface area (Å²) in [5.41, 5.74) is -1.05. The van der Waals surface area contributed by atoms with E-state index in [0.717, 1.165) is 12.8 Å². The Morgan fingerprint density at radius 1 is 1.53 bits per heavy atom. The molecule has 4 heteroatoms. The van der Waals surface area contributed by atoms with E-state index in [1.165, 1.54) is 7.11 Å². The number of ether oxygens (including phenoxy) is 1. The highest BCUT2D eigenvalue weighted by Crippen LogP contribution is 2.25. The lowest BCUT2D eigenvalue weighted by molar-refractivity contribution is -0.144. The normalized spacial score (nSPS) is 24.9. The zero-order chi connectivity index (χ0) is 11.3. The molecular formula is C11H16O4. The molecule has 0 aromatic heterocycles. The fourth-order valence-corrected chi connectivity index (χ4v) is 1.70. The summed E-state index contributed by atoms with van der Waals surface area (Å²) in [5.74, 6) is -0.834. The molecule has 1 aliphatic rings. The zero-order valence-electron chi connectivity index (χ0n) is 8.86. The lowest BCUT2D eigenvalue weighted by atomic mass is 9.86. The van der Waals surface area contributed by atoms with Gasteiger partial charge in [-0.25, -0.2) is 0 Å². The standard InChI is InChI=1S/C11H16O4/c1-15-10(13)7-9(12)8-11(14)5-3-2-4-6-11/h3,5,14H,2,4,6-8H2,1H3. The number of ketones is 1. The maximum Gasteiger partial charge on any atom is 0.313 e. The van der Waals surface area contributed by atoms with E-state index in [1.807, 2.05) is 6.08 Å². The Balaban J connectivity index is 2.46. The van der Waals surface area contributed by atoms with Crippen molar-refractivity contribution in [2.45, 2.75) is 37.7 Å². The Morgan fingerprint density at radius 3 is 2.80 bits per heavy atom. The predicted octanol–water partition coefficient (Wildman–Crippen LogP) is 0.980. The molecule has 0 bridgehead atoms.